The van der Waals surface area contributed by atoms with Gasteiger partial charge >= 0.3 is 5.97 Å². The van der Waals surface area contributed by atoms with Crippen LogP contribution in [0, 0.1) is 0 Å². The number of amides is 1. The average molecular weight is 360 g/mol. The number of hydrogen-bond donors (Lipinski definition) is 1. The molecule has 5 nitrogen and oxygen atoms in total. The molecule has 0 heterocycles. The minimum atomic E-state index is -0.927. The van der Waals surface area contributed by atoms with Gasteiger partial charge in [0.2, 0.25) is 0 Å². The second-order valence-electron chi connectivity index (χ2n) is 5.18. The number of nitrogens with one attached hydrogen (secondary N) is 1. The van der Waals surface area contributed by atoms with Crippen LogP contribution in [-0.4, -0.2) is 25.1 Å². The Bertz CT molecular complexity index is 754. The average Bonchev–Trinajstić information content (AvgIpc) is 2.62. The molecule has 2 aromatic rings. The zero-order chi connectivity index (χ0) is 18.2. The topological polar surface area (TPSA) is 64.6 Å². The van der Waals surface area contributed by atoms with Crippen LogP contribution in [0.3, 0.4) is 0 Å². The third kappa shape index (κ3) is 5.97. The Balaban J connectivity index is 1.86. The maximum Gasteiger partial charge on any atom is 0.331 e. The van der Waals surface area contributed by atoms with Crippen molar-refractivity contribution in [1.29, 1.82) is 0 Å². The molecule has 0 aromatic heterocycles. The predicted molar refractivity (Wildman–Crippen MR) is 97.7 cm³/mol. The zero-order valence-corrected chi connectivity index (χ0v) is 14.6. The Labute approximate surface area is 151 Å². The van der Waals surface area contributed by atoms with E-state index in [9.17, 15) is 9.59 Å². The van der Waals surface area contributed by atoms with Crippen molar-refractivity contribution >= 4 is 35.2 Å². The summed E-state index contributed by atoms with van der Waals surface area (Å²) >= 11 is 5.79. The van der Waals surface area contributed by atoms with Crippen molar-refractivity contribution in [2.24, 2.45) is 0 Å². The molecule has 0 aliphatic rings. The quantitative estimate of drug-likeness (QED) is 0.627. The monoisotopic (exact) mass is 359 g/mol. The Morgan fingerprint density at radius 3 is 2.32 bits per heavy atom. The van der Waals surface area contributed by atoms with Gasteiger partial charge in [-0.3, -0.25) is 4.79 Å². The van der Waals surface area contributed by atoms with Crippen LogP contribution in [0.4, 0.5) is 5.69 Å². The van der Waals surface area contributed by atoms with Crippen LogP contribution < -0.4 is 10.1 Å². The van der Waals surface area contributed by atoms with Crippen molar-refractivity contribution in [3.8, 4) is 5.75 Å². The van der Waals surface area contributed by atoms with E-state index >= 15 is 0 Å². The van der Waals surface area contributed by atoms with Crippen molar-refractivity contribution in [3.63, 3.8) is 0 Å². The lowest BCUT2D eigenvalue weighted by Gasteiger charge is -2.12. The molecule has 0 aliphatic heterocycles. The summed E-state index contributed by atoms with van der Waals surface area (Å²) in [4.78, 5) is 23.8. The number of halogens is 1. The Hall–Kier alpha value is -2.79. The van der Waals surface area contributed by atoms with E-state index in [0.29, 0.717) is 10.7 Å². The fourth-order valence-electron chi connectivity index (χ4n) is 1.92. The third-order valence-corrected chi connectivity index (χ3v) is 3.55. The van der Waals surface area contributed by atoms with Crippen LogP contribution in [0.1, 0.15) is 12.5 Å². The van der Waals surface area contributed by atoms with Gasteiger partial charge in [0, 0.05) is 16.8 Å². The van der Waals surface area contributed by atoms with Crippen LogP contribution in [0.25, 0.3) is 6.08 Å². The summed E-state index contributed by atoms with van der Waals surface area (Å²) in [6.07, 6.45) is 1.95. The number of methoxy groups -OCH3 is 1. The lowest BCUT2D eigenvalue weighted by Crippen LogP contribution is -2.29. The van der Waals surface area contributed by atoms with Gasteiger partial charge in [0.25, 0.3) is 5.91 Å². The fraction of sp³-hybridized carbons (Fsp3) is 0.158. The highest BCUT2D eigenvalue weighted by atomic mass is 35.5. The highest BCUT2D eigenvalue weighted by Crippen LogP contribution is 2.14. The van der Waals surface area contributed by atoms with Gasteiger partial charge in [-0.25, -0.2) is 4.79 Å². The molecule has 1 amide bonds. The van der Waals surface area contributed by atoms with Gasteiger partial charge in [-0.15, -0.1) is 0 Å². The van der Waals surface area contributed by atoms with Crippen molar-refractivity contribution in [3.05, 3.63) is 65.2 Å². The molecule has 0 radical (unpaired) electrons. The van der Waals surface area contributed by atoms with Crippen molar-refractivity contribution in [2.45, 2.75) is 13.0 Å². The summed E-state index contributed by atoms with van der Waals surface area (Å²) in [5, 5.41) is 3.22. The van der Waals surface area contributed by atoms with Gasteiger partial charge in [-0.05, 0) is 55.0 Å². The van der Waals surface area contributed by atoms with E-state index in [4.69, 9.17) is 21.1 Å². The minimum absolute atomic E-state index is 0.423. The van der Waals surface area contributed by atoms with E-state index in [0.717, 1.165) is 11.3 Å². The summed E-state index contributed by atoms with van der Waals surface area (Å²) < 4.78 is 10.1. The van der Waals surface area contributed by atoms with Crippen LogP contribution in [-0.2, 0) is 14.3 Å². The molecule has 0 unspecified atom stereocenters. The number of benzene rings is 2. The lowest BCUT2D eigenvalue weighted by molar-refractivity contribution is -0.148. The molecule has 2 aromatic carbocycles. The van der Waals surface area contributed by atoms with Gasteiger partial charge in [0.1, 0.15) is 5.75 Å². The van der Waals surface area contributed by atoms with Crippen LogP contribution >= 0.6 is 11.6 Å². The molecule has 0 spiro atoms. The molecule has 0 saturated carbocycles. The molecule has 0 fully saturated rings. The Morgan fingerprint density at radius 1 is 1.08 bits per heavy atom. The first-order chi connectivity index (χ1) is 12.0. The van der Waals surface area contributed by atoms with Gasteiger partial charge in [-0.1, -0.05) is 23.7 Å². The van der Waals surface area contributed by atoms with E-state index in [-0.39, 0.29) is 0 Å². The molecule has 25 heavy (non-hydrogen) atoms. The van der Waals surface area contributed by atoms with Crippen LogP contribution in [0.5, 0.6) is 5.75 Å². The predicted octanol–water partition coefficient (Wildman–Crippen LogP) is 3.93. The summed E-state index contributed by atoms with van der Waals surface area (Å²) in [5.41, 5.74) is 1.39. The fourth-order valence-corrected chi connectivity index (χ4v) is 2.05. The number of carbonyl (C=O) groups excluding carboxylic acids is 2. The second kappa shape index (κ2) is 8.89. The first-order valence-electron chi connectivity index (χ1n) is 7.57. The molecule has 2 rings (SSSR count). The lowest BCUT2D eigenvalue weighted by atomic mass is 10.2. The molecular formula is C19H18ClNO4. The molecule has 6 heteroatoms. The summed E-state index contributed by atoms with van der Waals surface area (Å²) in [5.74, 6) is -0.296. The maximum atomic E-state index is 12.0. The van der Waals surface area contributed by atoms with Gasteiger partial charge in [0.05, 0.1) is 7.11 Å². The highest BCUT2D eigenvalue weighted by Gasteiger charge is 2.16. The standard InChI is InChI=1S/C19H18ClNO4/c1-13(19(23)21-16-8-6-15(20)7-9-16)25-18(22)12-5-14-3-10-17(24-2)11-4-14/h3-13H,1-2H3,(H,21,23)/b12-5+/t13-/m0/s1. The molecule has 1 atom stereocenters. The van der Waals surface area contributed by atoms with Gasteiger partial charge in [0.15, 0.2) is 6.10 Å². The molecule has 0 saturated heterocycles. The van der Waals surface area contributed by atoms with Crippen molar-refractivity contribution in [1.82, 2.24) is 0 Å². The number of rotatable bonds is 6. The Morgan fingerprint density at radius 2 is 1.72 bits per heavy atom. The van der Waals surface area contributed by atoms with E-state index in [1.807, 2.05) is 0 Å². The third-order valence-electron chi connectivity index (χ3n) is 3.30. The maximum absolute atomic E-state index is 12.0. The minimum Gasteiger partial charge on any atom is -0.497 e. The van der Waals surface area contributed by atoms with Gasteiger partial charge in [-0.2, -0.15) is 0 Å². The first-order valence-corrected chi connectivity index (χ1v) is 7.95. The highest BCUT2D eigenvalue weighted by molar-refractivity contribution is 6.30. The summed E-state index contributed by atoms with van der Waals surface area (Å²) in [6.45, 7) is 1.50. The van der Waals surface area contributed by atoms with Gasteiger partial charge < -0.3 is 14.8 Å². The second-order valence-corrected chi connectivity index (χ2v) is 5.62. The molecule has 0 bridgehead atoms. The zero-order valence-electron chi connectivity index (χ0n) is 13.9. The van der Waals surface area contributed by atoms with E-state index in [1.54, 1.807) is 61.7 Å². The number of esters is 1. The summed E-state index contributed by atoms with van der Waals surface area (Å²) in [7, 11) is 1.58. The molecule has 130 valence electrons. The number of hydrogen-bond acceptors (Lipinski definition) is 4. The van der Waals surface area contributed by atoms with Crippen molar-refractivity contribution < 1.29 is 19.1 Å². The van der Waals surface area contributed by atoms with E-state index in [1.165, 1.54) is 13.0 Å². The van der Waals surface area contributed by atoms with Crippen LogP contribution in [0.15, 0.2) is 54.6 Å². The SMILES string of the molecule is COc1ccc(/C=C/C(=O)O[C@@H](C)C(=O)Nc2ccc(Cl)cc2)cc1. The molecular weight excluding hydrogens is 342 g/mol. The normalized spacial score (nSPS) is 11.8. The smallest absolute Gasteiger partial charge is 0.331 e. The molecule has 0 aliphatic carbocycles. The van der Waals surface area contributed by atoms with E-state index < -0.39 is 18.0 Å². The van der Waals surface area contributed by atoms with Crippen molar-refractivity contribution in [2.75, 3.05) is 12.4 Å². The van der Waals surface area contributed by atoms with Crippen LogP contribution in [0.2, 0.25) is 5.02 Å². The number of ether oxygens (including phenoxy) is 2. The Kier molecular flexibility index (Phi) is 6.60. The molecule has 1 N–H and O–H groups in total. The summed E-state index contributed by atoms with van der Waals surface area (Å²) in [6, 6.07) is 13.8. The van der Waals surface area contributed by atoms with E-state index in [2.05, 4.69) is 5.32 Å². The number of carbonyl (C=O) groups is 2. The first kappa shape index (κ1) is 18.5. The largest absolute Gasteiger partial charge is 0.497 e. The number of anilines is 1.